The van der Waals surface area contributed by atoms with Crippen molar-refractivity contribution in [1.29, 1.82) is 0 Å². The second-order valence-corrected chi connectivity index (χ2v) is 8.37. The minimum atomic E-state index is -1.18. The number of amidine groups is 1. The van der Waals surface area contributed by atoms with E-state index in [1.807, 2.05) is 25.1 Å². The average Bonchev–Trinajstić information content (AvgIpc) is 2.82. The number of aromatic nitrogens is 1. The SMILES string of the molecule is CCOC(=O)C1=C(CN2CCOCC2)NC(c2ccccn2)=NC1(C)c1ccc(F)c(Cl)c1. The number of rotatable bonds is 6. The van der Waals surface area contributed by atoms with Crippen LogP contribution in [-0.2, 0) is 19.8 Å². The molecular weight excluding hydrogens is 447 g/mol. The third-order valence-electron chi connectivity index (χ3n) is 5.75. The van der Waals surface area contributed by atoms with Gasteiger partial charge in [-0.25, -0.2) is 14.2 Å². The van der Waals surface area contributed by atoms with Crippen molar-refractivity contribution in [3.63, 3.8) is 0 Å². The molecule has 1 aromatic heterocycles. The maximum atomic E-state index is 14.0. The Bertz CT molecular complexity index is 1090. The third-order valence-corrected chi connectivity index (χ3v) is 6.04. The molecule has 0 aliphatic carbocycles. The molecule has 174 valence electrons. The first-order valence-electron chi connectivity index (χ1n) is 10.9. The van der Waals surface area contributed by atoms with E-state index in [9.17, 15) is 9.18 Å². The van der Waals surface area contributed by atoms with Crippen LogP contribution in [0.2, 0.25) is 5.02 Å². The second-order valence-electron chi connectivity index (χ2n) is 7.96. The first-order valence-corrected chi connectivity index (χ1v) is 11.2. The molecule has 1 aromatic carbocycles. The molecular formula is C24H26ClFN4O3. The van der Waals surface area contributed by atoms with Gasteiger partial charge < -0.3 is 14.8 Å². The highest BCUT2D eigenvalue weighted by molar-refractivity contribution is 6.30. The number of ether oxygens (including phenoxy) is 2. The number of aliphatic imine (C=N–C) groups is 1. The van der Waals surface area contributed by atoms with Gasteiger partial charge in [0.15, 0.2) is 5.84 Å². The first-order chi connectivity index (χ1) is 15.9. The fraction of sp³-hybridized carbons (Fsp3) is 0.375. The van der Waals surface area contributed by atoms with Crippen LogP contribution in [0.3, 0.4) is 0 Å². The number of morpholine rings is 1. The largest absolute Gasteiger partial charge is 0.463 e. The summed E-state index contributed by atoms with van der Waals surface area (Å²) in [5.74, 6) is -0.517. The van der Waals surface area contributed by atoms with Gasteiger partial charge in [-0.2, -0.15) is 0 Å². The molecule has 4 rings (SSSR count). The Hall–Kier alpha value is -2.81. The molecule has 33 heavy (non-hydrogen) atoms. The van der Waals surface area contributed by atoms with Crippen molar-refractivity contribution in [2.45, 2.75) is 19.4 Å². The summed E-state index contributed by atoms with van der Waals surface area (Å²) in [5.41, 5.74) is 1.04. The van der Waals surface area contributed by atoms with E-state index in [1.54, 1.807) is 19.2 Å². The van der Waals surface area contributed by atoms with Gasteiger partial charge in [-0.15, -0.1) is 0 Å². The number of halogens is 2. The Labute approximate surface area is 197 Å². The van der Waals surface area contributed by atoms with Gasteiger partial charge in [0.2, 0.25) is 0 Å². The van der Waals surface area contributed by atoms with Gasteiger partial charge in [0, 0.05) is 31.5 Å². The molecule has 1 fully saturated rings. The van der Waals surface area contributed by atoms with Crippen molar-refractivity contribution in [2.24, 2.45) is 4.99 Å². The van der Waals surface area contributed by atoms with Crippen LogP contribution in [0.1, 0.15) is 25.1 Å². The van der Waals surface area contributed by atoms with Crippen molar-refractivity contribution in [2.75, 3.05) is 39.5 Å². The zero-order chi connectivity index (χ0) is 23.4. The van der Waals surface area contributed by atoms with Crippen LogP contribution in [0.25, 0.3) is 0 Å². The van der Waals surface area contributed by atoms with Crippen LogP contribution >= 0.6 is 11.6 Å². The van der Waals surface area contributed by atoms with E-state index in [4.69, 9.17) is 26.1 Å². The standard InChI is InChI=1S/C24H26ClFN4O3/c1-3-33-23(31)21-20(15-30-10-12-32-13-11-30)28-22(19-6-4-5-9-27-19)29-24(21,2)16-7-8-18(26)17(25)14-16/h4-9,14H,3,10-13,15H2,1-2H3,(H,28,29). The van der Waals surface area contributed by atoms with E-state index in [1.165, 1.54) is 12.1 Å². The molecule has 1 atom stereocenters. The maximum absolute atomic E-state index is 14.0. The Morgan fingerprint density at radius 1 is 1.30 bits per heavy atom. The van der Waals surface area contributed by atoms with Crippen molar-refractivity contribution in [3.05, 3.63) is 76.0 Å². The predicted molar refractivity (Wildman–Crippen MR) is 124 cm³/mol. The number of benzene rings is 1. The molecule has 0 bridgehead atoms. The second kappa shape index (κ2) is 9.99. The zero-order valence-corrected chi connectivity index (χ0v) is 19.4. The van der Waals surface area contributed by atoms with E-state index in [-0.39, 0.29) is 11.6 Å². The van der Waals surface area contributed by atoms with Crippen LogP contribution in [0, 0.1) is 5.82 Å². The smallest absolute Gasteiger partial charge is 0.338 e. The lowest BCUT2D eigenvalue weighted by atomic mass is 9.82. The van der Waals surface area contributed by atoms with Gasteiger partial charge in [0.25, 0.3) is 0 Å². The number of hydrogen-bond donors (Lipinski definition) is 1. The molecule has 3 heterocycles. The molecule has 2 aliphatic heterocycles. The highest BCUT2D eigenvalue weighted by Crippen LogP contribution is 2.40. The molecule has 2 aliphatic rings. The minimum Gasteiger partial charge on any atom is -0.463 e. The van der Waals surface area contributed by atoms with E-state index < -0.39 is 17.3 Å². The van der Waals surface area contributed by atoms with Crippen LogP contribution in [0.4, 0.5) is 4.39 Å². The number of hydrogen-bond acceptors (Lipinski definition) is 7. The Morgan fingerprint density at radius 2 is 2.09 bits per heavy atom. The summed E-state index contributed by atoms with van der Waals surface area (Å²) in [6.45, 7) is 6.95. The molecule has 7 nitrogen and oxygen atoms in total. The lowest BCUT2D eigenvalue weighted by Gasteiger charge is -2.37. The molecule has 1 saturated heterocycles. The van der Waals surface area contributed by atoms with Crippen LogP contribution in [0.15, 0.2) is 58.9 Å². The number of pyridine rings is 1. The number of nitrogens with zero attached hydrogens (tertiary/aromatic N) is 3. The van der Waals surface area contributed by atoms with Gasteiger partial charge in [0.05, 0.1) is 30.4 Å². The van der Waals surface area contributed by atoms with Crippen molar-refractivity contribution >= 4 is 23.4 Å². The zero-order valence-electron chi connectivity index (χ0n) is 18.6. The van der Waals surface area contributed by atoms with E-state index in [0.717, 1.165) is 13.1 Å². The molecule has 0 spiro atoms. The lowest BCUT2D eigenvalue weighted by molar-refractivity contribution is -0.139. The fourth-order valence-corrected chi connectivity index (χ4v) is 4.25. The number of carbonyl (C=O) groups excluding carboxylic acids is 1. The number of carbonyl (C=O) groups is 1. The summed E-state index contributed by atoms with van der Waals surface area (Å²) in [4.78, 5) is 24.8. The van der Waals surface area contributed by atoms with Gasteiger partial charge in [-0.3, -0.25) is 9.88 Å². The normalized spacial score (nSPS) is 21.4. The van der Waals surface area contributed by atoms with Gasteiger partial charge >= 0.3 is 5.97 Å². The summed E-state index contributed by atoms with van der Waals surface area (Å²) in [7, 11) is 0. The van der Waals surface area contributed by atoms with Crippen LogP contribution in [0.5, 0.6) is 0 Å². The summed E-state index contributed by atoms with van der Waals surface area (Å²) in [6.07, 6.45) is 1.68. The summed E-state index contributed by atoms with van der Waals surface area (Å²) in [5, 5.41) is 3.29. The molecule has 9 heteroatoms. The highest BCUT2D eigenvalue weighted by Gasteiger charge is 2.43. The maximum Gasteiger partial charge on any atom is 0.338 e. The lowest BCUT2D eigenvalue weighted by Crippen LogP contribution is -2.47. The first kappa shape index (κ1) is 23.4. The predicted octanol–water partition coefficient (Wildman–Crippen LogP) is 3.29. The van der Waals surface area contributed by atoms with Crippen molar-refractivity contribution in [1.82, 2.24) is 15.2 Å². The highest BCUT2D eigenvalue weighted by atomic mass is 35.5. The number of nitrogens with one attached hydrogen (secondary N) is 1. The fourth-order valence-electron chi connectivity index (χ4n) is 4.07. The average molecular weight is 473 g/mol. The Kier molecular flexibility index (Phi) is 7.07. The molecule has 0 saturated carbocycles. The summed E-state index contributed by atoms with van der Waals surface area (Å²) in [6, 6.07) is 9.91. The minimum absolute atomic E-state index is 0.0419. The molecule has 2 aromatic rings. The number of esters is 1. The molecule has 0 radical (unpaired) electrons. The Balaban J connectivity index is 1.88. The van der Waals surface area contributed by atoms with Crippen LogP contribution < -0.4 is 5.32 Å². The molecule has 0 amide bonds. The van der Waals surface area contributed by atoms with E-state index in [0.29, 0.717) is 48.1 Å². The molecule has 1 unspecified atom stereocenters. The Morgan fingerprint density at radius 3 is 2.76 bits per heavy atom. The van der Waals surface area contributed by atoms with Crippen LogP contribution in [-0.4, -0.2) is 61.1 Å². The van der Waals surface area contributed by atoms with Crippen molar-refractivity contribution in [3.8, 4) is 0 Å². The van der Waals surface area contributed by atoms with Gasteiger partial charge in [0.1, 0.15) is 17.1 Å². The monoisotopic (exact) mass is 472 g/mol. The summed E-state index contributed by atoms with van der Waals surface area (Å²) >= 11 is 6.12. The molecule has 1 N–H and O–H groups in total. The quantitative estimate of drug-likeness (QED) is 0.650. The van der Waals surface area contributed by atoms with Gasteiger partial charge in [-0.05, 0) is 43.7 Å². The topological polar surface area (TPSA) is 76.0 Å². The summed E-state index contributed by atoms with van der Waals surface area (Å²) < 4.78 is 24.9. The third kappa shape index (κ3) is 4.93. The van der Waals surface area contributed by atoms with Gasteiger partial charge in [-0.1, -0.05) is 23.7 Å². The van der Waals surface area contributed by atoms with E-state index in [2.05, 4.69) is 15.2 Å². The van der Waals surface area contributed by atoms with E-state index >= 15 is 0 Å². The van der Waals surface area contributed by atoms with Crippen molar-refractivity contribution < 1.29 is 18.7 Å².